The lowest BCUT2D eigenvalue weighted by Crippen LogP contribution is -2.46. The summed E-state index contributed by atoms with van der Waals surface area (Å²) in [5, 5.41) is 9.66. The molecule has 2 amide bonds. The van der Waals surface area contributed by atoms with E-state index in [9.17, 15) is 14.7 Å². The van der Waals surface area contributed by atoms with E-state index in [0.717, 1.165) is 38.8 Å². The van der Waals surface area contributed by atoms with Crippen molar-refractivity contribution in [3.05, 3.63) is 0 Å². The molecular formula is C21H38N2O3. The number of likely N-dealkylation sites (tertiary alicyclic amines) is 2. The minimum Gasteiger partial charge on any atom is -0.393 e. The minimum absolute atomic E-state index is 0.219. The summed E-state index contributed by atoms with van der Waals surface area (Å²) in [5.74, 6) is 0.943. The largest absolute Gasteiger partial charge is 0.393 e. The zero-order chi connectivity index (χ0) is 19.5. The maximum Gasteiger partial charge on any atom is 0.228 e. The van der Waals surface area contributed by atoms with Gasteiger partial charge in [0.2, 0.25) is 11.8 Å². The maximum absolute atomic E-state index is 13.0. The lowest BCUT2D eigenvalue weighted by Gasteiger charge is -2.37. The number of hydrogen-bond donors (Lipinski definition) is 1. The van der Waals surface area contributed by atoms with E-state index in [1.165, 1.54) is 0 Å². The molecule has 0 aliphatic carbocycles. The number of hydrogen-bond acceptors (Lipinski definition) is 3. The normalized spacial score (nSPS) is 23.7. The van der Waals surface area contributed by atoms with Crippen molar-refractivity contribution >= 4 is 11.8 Å². The second kappa shape index (κ2) is 8.28. The summed E-state index contributed by atoms with van der Waals surface area (Å²) in [6.07, 6.45) is 5.09. The summed E-state index contributed by atoms with van der Waals surface area (Å²) in [6.45, 7) is 13.0. The van der Waals surface area contributed by atoms with E-state index in [1.54, 1.807) is 0 Å². The van der Waals surface area contributed by atoms with Crippen LogP contribution >= 0.6 is 0 Å². The molecule has 0 bridgehead atoms. The van der Waals surface area contributed by atoms with Crippen molar-refractivity contribution in [2.45, 2.75) is 79.2 Å². The smallest absolute Gasteiger partial charge is 0.228 e. The lowest BCUT2D eigenvalue weighted by atomic mass is 9.78. The third-order valence-electron chi connectivity index (χ3n) is 5.91. The number of piperidine rings is 1. The van der Waals surface area contributed by atoms with Crippen LogP contribution in [-0.4, -0.2) is 59.0 Å². The molecule has 5 heteroatoms. The highest BCUT2D eigenvalue weighted by atomic mass is 16.3. The third kappa shape index (κ3) is 5.45. The molecular weight excluding hydrogens is 328 g/mol. The first-order valence-electron chi connectivity index (χ1n) is 10.3. The number of rotatable bonds is 3. The van der Waals surface area contributed by atoms with Gasteiger partial charge in [-0.15, -0.1) is 0 Å². The molecule has 2 saturated heterocycles. The van der Waals surface area contributed by atoms with Gasteiger partial charge in [-0.3, -0.25) is 9.59 Å². The molecule has 1 atom stereocenters. The first-order valence-corrected chi connectivity index (χ1v) is 10.3. The van der Waals surface area contributed by atoms with Crippen molar-refractivity contribution < 1.29 is 14.7 Å². The molecule has 0 saturated carbocycles. The Bertz CT molecular complexity index is 502. The van der Waals surface area contributed by atoms with Gasteiger partial charge in [0.1, 0.15) is 0 Å². The highest BCUT2D eigenvalue weighted by molar-refractivity contribution is 5.82. The van der Waals surface area contributed by atoms with E-state index >= 15 is 0 Å². The van der Waals surface area contributed by atoms with Gasteiger partial charge in [0.05, 0.1) is 6.10 Å². The van der Waals surface area contributed by atoms with E-state index in [-0.39, 0.29) is 28.7 Å². The van der Waals surface area contributed by atoms with E-state index in [2.05, 4.69) is 13.8 Å². The Labute approximate surface area is 159 Å². The van der Waals surface area contributed by atoms with Crippen LogP contribution in [0, 0.1) is 16.7 Å². The molecule has 26 heavy (non-hydrogen) atoms. The van der Waals surface area contributed by atoms with Crippen LogP contribution < -0.4 is 0 Å². The Balaban J connectivity index is 1.91. The number of carbonyl (C=O) groups excluding carboxylic acids is 2. The van der Waals surface area contributed by atoms with E-state index in [4.69, 9.17) is 0 Å². The molecule has 0 aromatic rings. The van der Waals surface area contributed by atoms with Crippen LogP contribution in [0.5, 0.6) is 0 Å². The lowest BCUT2D eigenvalue weighted by molar-refractivity contribution is -0.143. The molecule has 2 rings (SSSR count). The van der Waals surface area contributed by atoms with Gasteiger partial charge in [-0.05, 0) is 44.4 Å². The molecule has 1 unspecified atom stereocenters. The molecule has 0 spiro atoms. The molecule has 150 valence electrons. The molecule has 2 aliphatic rings. The SMILES string of the molecule is CC(C)(C)C(=O)N1CCCC(CC(C)(C)C(=O)N2CCC(O)CC2)CC1. The predicted molar refractivity (Wildman–Crippen MR) is 104 cm³/mol. The van der Waals surface area contributed by atoms with Crippen molar-refractivity contribution in [1.29, 1.82) is 0 Å². The van der Waals surface area contributed by atoms with Crippen molar-refractivity contribution in [2.75, 3.05) is 26.2 Å². The third-order valence-corrected chi connectivity index (χ3v) is 5.91. The standard InChI is InChI=1S/C21H38N2O3/c1-20(2,3)18(25)22-11-6-7-16(8-12-22)15-21(4,5)19(26)23-13-9-17(24)10-14-23/h16-17,24H,6-15H2,1-5H3. The summed E-state index contributed by atoms with van der Waals surface area (Å²) in [7, 11) is 0. The number of amides is 2. The molecule has 0 aromatic carbocycles. The number of aliphatic hydroxyl groups excluding tert-OH is 1. The summed E-state index contributed by atoms with van der Waals surface area (Å²) in [4.78, 5) is 29.5. The fourth-order valence-electron chi connectivity index (χ4n) is 4.35. The molecule has 2 aliphatic heterocycles. The fourth-order valence-corrected chi connectivity index (χ4v) is 4.35. The van der Waals surface area contributed by atoms with Gasteiger partial charge in [-0.2, -0.15) is 0 Å². The average molecular weight is 367 g/mol. The van der Waals surface area contributed by atoms with Crippen LogP contribution in [0.15, 0.2) is 0 Å². The summed E-state index contributed by atoms with van der Waals surface area (Å²) in [5.41, 5.74) is -0.704. The van der Waals surface area contributed by atoms with Crippen LogP contribution in [0.25, 0.3) is 0 Å². The highest BCUT2D eigenvalue weighted by Crippen LogP contribution is 2.34. The number of nitrogens with zero attached hydrogens (tertiary/aromatic N) is 2. The van der Waals surface area contributed by atoms with Crippen LogP contribution in [0.1, 0.15) is 73.1 Å². The average Bonchev–Trinajstić information content (AvgIpc) is 2.78. The zero-order valence-corrected chi connectivity index (χ0v) is 17.4. The van der Waals surface area contributed by atoms with Crippen LogP contribution in [-0.2, 0) is 9.59 Å². The molecule has 2 heterocycles. The van der Waals surface area contributed by atoms with Crippen molar-refractivity contribution in [3.8, 4) is 0 Å². The number of carbonyl (C=O) groups is 2. The van der Waals surface area contributed by atoms with Crippen molar-refractivity contribution in [2.24, 2.45) is 16.7 Å². The molecule has 0 aromatic heterocycles. The quantitative estimate of drug-likeness (QED) is 0.835. The summed E-state index contributed by atoms with van der Waals surface area (Å²) in [6, 6.07) is 0. The van der Waals surface area contributed by atoms with Crippen LogP contribution in [0.2, 0.25) is 0 Å². The zero-order valence-electron chi connectivity index (χ0n) is 17.4. The van der Waals surface area contributed by atoms with Gasteiger partial charge < -0.3 is 14.9 Å². The molecule has 5 nitrogen and oxygen atoms in total. The van der Waals surface area contributed by atoms with Crippen LogP contribution in [0.4, 0.5) is 0 Å². The van der Waals surface area contributed by atoms with Gasteiger partial charge in [0, 0.05) is 37.0 Å². The topological polar surface area (TPSA) is 60.9 Å². The van der Waals surface area contributed by atoms with Crippen LogP contribution in [0.3, 0.4) is 0 Å². The van der Waals surface area contributed by atoms with Gasteiger partial charge in [-0.1, -0.05) is 34.6 Å². The molecule has 2 fully saturated rings. The Kier molecular flexibility index (Phi) is 6.75. The van der Waals surface area contributed by atoms with Gasteiger partial charge in [0.15, 0.2) is 0 Å². The predicted octanol–water partition coefficient (Wildman–Crippen LogP) is 3.06. The van der Waals surface area contributed by atoms with Gasteiger partial charge >= 0.3 is 0 Å². The highest BCUT2D eigenvalue weighted by Gasteiger charge is 2.37. The van der Waals surface area contributed by atoms with Crippen molar-refractivity contribution in [3.63, 3.8) is 0 Å². The number of aliphatic hydroxyl groups is 1. The van der Waals surface area contributed by atoms with Gasteiger partial charge in [-0.25, -0.2) is 0 Å². The summed E-state index contributed by atoms with van der Waals surface area (Å²) >= 11 is 0. The Morgan fingerprint density at radius 2 is 1.38 bits per heavy atom. The maximum atomic E-state index is 13.0. The second-order valence-corrected chi connectivity index (χ2v) is 9.95. The first kappa shape index (κ1) is 21.2. The monoisotopic (exact) mass is 366 g/mol. The van der Waals surface area contributed by atoms with E-state index in [1.807, 2.05) is 30.6 Å². The Morgan fingerprint density at radius 1 is 0.846 bits per heavy atom. The second-order valence-electron chi connectivity index (χ2n) is 9.95. The minimum atomic E-state index is -0.379. The fraction of sp³-hybridized carbons (Fsp3) is 0.905. The van der Waals surface area contributed by atoms with E-state index < -0.39 is 0 Å². The Morgan fingerprint density at radius 3 is 1.96 bits per heavy atom. The molecule has 1 N–H and O–H groups in total. The summed E-state index contributed by atoms with van der Waals surface area (Å²) < 4.78 is 0. The first-order chi connectivity index (χ1) is 12.0. The molecule has 0 radical (unpaired) electrons. The van der Waals surface area contributed by atoms with Gasteiger partial charge in [0.25, 0.3) is 0 Å². The Hall–Kier alpha value is -1.10. The van der Waals surface area contributed by atoms with Crippen molar-refractivity contribution in [1.82, 2.24) is 9.80 Å². The van der Waals surface area contributed by atoms with E-state index in [0.29, 0.717) is 31.8 Å².